The van der Waals surface area contributed by atoms with E-state index in [-0.39, 0.29) is 33.0 Å². The van der Waals surface area contributed by atoms with Crippen molar-refractivity contribution in [3.63, 3.8) is 0 Å². The van der Waals surface area contributed by atoms with Gasteiger partial charge in [0.15, 0.2) is 0 Å². The zero-order valence-electron chi connectivity index (χ0n) is 5.07. The van der Waals surface area contributed by atoms with Gasteiger partial charge in [-0.2, -0.15) is 0 Å². The van der Waals surface area contributed by atoms with Gasteiger partial charge in [0.05, 0.1) is 26.4 Å². The molecule has 1 heterocycles. The summed E-state index contributed by atoms with van der Waals surface area (Å²) in [6.45, 7) is 3.11. The molecule has 1 rings (SSSR count). The molecule has 0 spiro atoms. The molecule has 0 radical (unpaired) electrons. The molecule has 10 heavy (non-hydrogen) atoms. The largest absolute Gasteiger partial charge is 0 e. The molecule has 1 aliphatic heterocycles. The summed E-state index contributed by atoms with van der Waals surface area (Å²) in [7, 11) is 9.63. The van der Waals surface area contributed by atoms with Crippen LogP contribution in [0.5, 0.6) is 0 Å². The first-order valence-corrected chi connectivity index (χ1v) is 6.40. The first kappa shape index (κ1) is 14.2. The summed E-state index contributed by atoms with van der Waals surface area (Å²) in [6, 6.07) is 0. The van der Waals surface area contributed by atoms with Crippen molar-refractivity contribution >= 4 is 19.1 Å². The first-order valence-electron chi connectivity index (χ1n) is 2.39. The molecular formula is C4H8Cl2FeO2Pd. The van der Waals surface area contributed by atoms with E-state index in [1.165, 1.54) is 0 Å². The van der Waals surface area contributed by atoms with Crippen LogP contribution in [-0.2, 0) is 42.5 Å². The molecule has 0 N–H and O–H groups in total. The Morgan fingerprint density at radius 3 is 1.20 bits per heavy atom. The van der Waals surface area contributed by atoms with Gasteiger partial charge in [-0.15, -0.1) is 0 Å². The van der Waals surface area contributed by atoms with Gasteiger partial charge in [-0.3, -0.25) is 0 Å². The van der Waals surface area contributed by atoms with E-state index in [1.807, 2.05) is 0 Å². The molecule has 0 unspecified atom stereocenters. The molecule has 0 aromatic rings. The zero-order chi connectivity index (χ0) is 6.95. The number of halogens is 2. The van der Waals surface area contributed by atoms with Gasteiger partial charge in [-0.05, 0) is 0 Å². The third kappa shape index (κ3) is 12.4. The maximum Gasteiger partial charge on any atom is 0 e. The summed E-state index contributed by atoms with van der Waals surface area (Å²) in [6.07, 6.45) is 0. The van der Waals surface area contributed by atoms with Crippen LogP contribution >= 0.6 is 19.1 Å². The van der Waals surface area contributed by atoms with Crippen LogP contribution < -0.4 is 0 Å². The van der Waals surface area contributed by atoms with Crippen molar-refractivity contribution < 1.29 is 42.5 Å². The second-order valence-corrected chi connectivity index (χ2v) is 3.63. The average Bonchev–Trinajstić information content (AvgIpc) is 1.93. The van der Waals surface area contributed by atoms with Crippen LogP contribution in [0.25, 0.3) is 0 Å². The van der Waals surface area contributed by atoms with Gasteiger partial charge in [-0.25, -0.2) is 0 Å². The van der Waals surface area contributed by atoms with Gasteiger partial charge in [0.1, 0.15) is 0 Å². The zero-order valence-corrected chi connectivity index (χ0v) is 9.24. The molecule has 2 nitrogen and oxygen atoms in total. The molecular weight excluding hydrogens is 313 g/mol. The molecule has 0 bridgehead atoms. The van der Waals surface area contributed by atoms with Crippen LogP contribution in [0, 0.1) is 0 Å². The van der Waals surface area contributed by atoms with Gasteiger partial charge in [0.2, 0.25) is 0 Å². The minimum absolute atomic E-state index is 0. The molecule has 0 atom stereocenters. The topological polar surface area (TPSA) is 18.5 Å². The van der Waals surface area contributed by atoms with E-state index >= 15 is 0 Å². The van der Waals surface area contributed by atoms with Crippen LogP contribution in [-0.4, -0.2) is 26.4 Å². The number of hydrogen-bond acceptors (Lipinski definition) is 2. The van der Waals surface area contributed by atoms with Gasteiger partial charge in [0, 0.05) is 17.1 Å². The van der Waals surface area contributed by atoms with Crippen molar-refractivity contribution in [1.82, 2.24) is 0 Å². The fourth-order valence-corrected chi connectivity index (χ4v) is 0.440. The predicted molar refractivity (Wildman–Crippen MR) is 33.3 cm³/mol. The maximum atomic E-state index is 4.94. The minimum Gasteiger partial charge on any atom is 0 e. The second kappa shape index (κ2) is 13.3. The average molecular weight is 321 g/mol. The van der Waals surface area contributed by atoms with Crippen molar-refractivity contribution in [1.29, 1.82) is 0 Å². The van der Waals surface area contributed by atoms with Crippen molar-refractivity contribution in [2.24, 2.45) is 0 Å². The van der Waals surface area contributed by atoms with Gasteiger partial charge in [-0.1, -0.05) is 0 Å². The molecule has 0 aromatic heterocycles. The molecule has 1 fully saturated rings. The minimum atomic E-state index is -0.106. The molecule has 1 saturated heterocycles. The maximum absolute atomic E-state index is 4.94. The first-order chi connectivity index (χ1) is 4.41. The molecule has 0 aliphatic carbocycles. The molecule has 6 heteroatoms. The number of ether oxygens (including phenoxy) is 2. The van der Waals surface area contributed by atoms with Crippen molar-refractivity contribution in [2.75, 3.05) is 26.4 Å². The summed E-state index contributed by atoms with van der Waals surface area (Å²) in [5, 5.41) is 0. The summed E-state index contributed by atoms with van der Waals surface area (Å²) in [5.74, 6) is 0. The summed E-state index contributed by atoms with van der Waals surface area (Å²) in [4.78, 5) is 0. The fraction of sp³-hybridized carbons (Fsp3) is 1.00. The Kier molecular flexibility index (Phi) is 18.9. The predicted octanol–water partition coefficient (Wildman–Crippen LogP) is 1.41. The third-order valence-corrected chi connectivity index (χ3v) is 0.744. The van der Waals surface area contributed by atoms with Gasteiger partial charge in [0.25, 0.3) is 0 Å². The molecule has 68 valence electrons. The van der Waals surface area contributed by atoms with Crippen LogP contribution in [0.1, 0.15) is 0 Å². The molecule has 0 aromatic carbocycles. The van der Waals surface area contributed by atoms with E-state index in [0.717, 1.165) is 26.4 Å². The quantitative estimate of drug-likeness (QED) is 0.628. The Hall–Kier alpha value is 1.68. The number of rotatable bonds is 0. The Morgan fingerprint density at radius 2 is 1.10 bits per heavy atom. The Morgan fingerprint density at radius 1 is 0.900 bits per heavy atom. The van der Waals surface area contributed by atoms with Crippen molar-refractivity contribution in [2.45, 2.75) is 0 Å². The van der Waals surface area contributed by atoms with Gasteiger partial charge < -0.3 is 9.47 Å². The van der Waals surface area contributed by atoms with Crippen molar-refractivity contribution in [3.05, 3.63) is 0 Å². The van der Waals surface area contributed by atoms with Crippen molar-refractivity contribution in [3.8, 4) is 0 Å². The van der Waals surface area contributed by atoms with E-state index < -0.39 is 0 Å². The van der Waals surface area contributed by atoms with E-state index in [9.17, 15) is 0 Å². The van der Waals surface area contributed by atoms with E-state index in [4.69, 9.17) is 28.5 Å². The fourth-order valence-electron chi connectivity index (χ4n) is 0.440. The van der Waals surface area contributed by atoms with E-state index in [2.05, 4.69) is 0 Å². The normalized spacial score (nSPS) is 16.6. The summed E-state index contributed by atoms with van der Waals surface area (Å²) >= 11 is -0.106. The van der Waals surface area contributed by atoms with Crippen LogP contribution in [0.3, 0.4) is 0 Å². The summed E-state index contributed by atoms with van der Waals surface area (Å²) < 4.78 is 9.89. The Bertz CT molecular complexity index is 45.0. The monoisotopic (exact) mass is 320 g/mol. The Labute approximate surface area is 87.5 Å². The number of hydrogen-bond donors (Lipinski definition) is 0. The molecule has 0 amide bonds. The molecule has 1 aliphatic rings. The third-order valence-electron chi connectivity index (χ3n) is 0.744. The van der Waals surface area contributed by atoms with Crippen LogP contribution in [0.4, 0.5) is 0 Å². The smallest absolute Gasteiger partial charge is 0 e. The van der Waals surface area contributed by atoms with E-state index in [0.29, 0.717) is 0 Å². The van der Waals surface area contributed by atoms with E-state index in [1.54, 1.807) is 0 Å². The summed E-state index contributed by atoms with van der Waals surface area (Å²) in [5.41, 5.74) is 0. The Balaban J connectivity index is 0. The van der Waals surface area contributed by atoms with Gasteiger partial charge >= 0.3 is 35.0 Å². The van der Waals surface area contributed by atoms with Crippen LogP contribution in [0.15, 0.2) is 0 Å². The second-order valence-electron chi connectivity index (χ2n) is 1.27. The SMILES string of the molecule is C1COCCO1.[Cl][Pd][Cl].[Fe]. The molecule has 0 saturated carbocycles. The standard InChI is InChI=1S/C4H8O2.2ClH.Fe.Pd/c1-2-6-4-3-5-1;;;;/h1-4H2;2*1H;;/q;;;;+2/p-2. The van der Waals surface area contributed by atoms with Crippen LogP contribution in [0.2, 0.25) is 0 Å².